The highest BCUT2D eigenvalue weighted by Gasteiger charge is 2.32. The summed E-state index contributed by atoms with van der Waals surface area (Å²) in [7, 11) is 3.16. The Morgan fingerprint density at radius 2 is 2.00 bits per heavy atom. The number of nitrogens with zero attached hydrogens (tertiary/aromatic N) is 1. The molecule has 2 rings (SSSR count). The summed E-state index contributed by atoms with van der Waals surface area (Å²) in [6, 6.07) is 5.45. The molecule has 24 heavy (non-hydrogen) atoms. The van der Waals surface area contributed by atoms with Gasteiger partial charge >= 0.3 is 5.97 Å². The van der Waals surface area contributed by atoms with Crippen LogP contribution in [0.3, 0.4) is 0 Å². The van der Waals surface area contributed by atoms with Crippen LogP contribution in [0, 0.1) is 5.92 Å². The highest BCUT2D eigenvalue weighted by molar-refractivity contribution is 5.80. The van der Waals surface area contributed by atoms with Gasteiger partial charge in [0.1, 0.15) is 0 Å². The third-order valence-electron chi connectivity index (χ3n) is 4.48. The second kappa shape index (κ2) is 8.04. The fraction of sp³-hybridized carbons (Fsp3) is 0.556. The standard InChI is InChI=1S/C18H25NO5/c1-12(9-13-6-7-15(23-2)16(10-13)24-3)18(22)19-8-4-5-14(19)11-17(20)21/h6-7,10,12,14H,4-5,8-9,11H2,1-3H3,(H,20,21). The van der Waals surface area contributed by atoms with Crippen LogP contribution in [0.4, 0.5) is 0 Å². The molecule has 1 fully saturated rings. The van der Waals surface area contributed by atoms with Gasteiger partial charge in [-0.2, -0.15) is 0 Å². The van der Waals surface area contributed by atoms with Crippen molar-refractivity contribution in [3.05, 3.63) is 23.8 Å². The van der Waals surface area contributed by atoms with Gasteiger partial charge in [0.05, 0.1) is 20.6 Å². The molecule has 1 N–H and O–H groups in total. The predicted molar refractivity (Wildman–Crippen MR) is 89.4 cm³/mol. The molecule has 1 aliphatic rings. The van der Waals surface area contributed by atoms with Gasteiger partial charge in [-0.1, -0.05) is 13.0 Å². The Hall–Kier alpha value is -2.24. The number of methoxy groups -OCH3 is 2. The van der Waals surface area contributed by atoms with E-state index in [1.165, 1.54) is 0 Å². The number of carboxylic acid groups (broad SMARTS) is 1. The Labute approximate surface area is 142 Å². The SMILES string of the molecule is COc1ccc(CC(C)C(=O)N2CCCC2CC(=O)O)cc1OC. The third kappa shape index (κ3) is 4.19. The van der Waals surface area contributed by atoms with Crippen LogP contribution in [0.2, 0.25) is 0 Å². The van der Waals surface area contributed by atoms with E-state index < -0.39 is 5.97 Å². The number of amides is 1. The van der Waals surface area contributed by atoms with E-state index >= 15 is 0 Å². The number of carbonyl (C=O) groups is 2. The van der Waals surface area contributed by atoms with Crippen LogP contribution in [0.5, 0.6) is 11.5 Å². The maximum absolute atomic E-state index is 12.7. The molecule has 0 aromatic heterocycles. The Bertz CT molecular complexity index is 601. The molecule has 1 aromatic carbocycles. The maximum atomic E-state index is 12.7. The third-order valence-corrected chi connectivity index (χ3v) is 4.48. The van der Waals surface area contributed by atoms with Gasteiger partial charge in [-0.15, -0.1) is 0 Å². The molecule has 132 valence electrons. The van der Waals surface area contributed by atoms with Crippen molar-refractivity contribution in [2.24, 2.45) is 5.92 Å². The monoisotopic (exact) mass is 335 g/mol. The fourth-order valence-electron chi connectivity index (χ4n) is 3.27. The normalized spacial score (nSPS) is 18.3. The first-order valence-corrected chi connectivity index (χ1v) is 8.19. The molecule has 2 atom stereocenters. The molecule has 2 unspecified atom stereocenters. The predicted octanol–water partition coefficient (Wildman–Crippen LogP) is 2.35. The number of hydrogen-bond acceptors (Lipinski definition) is 4. The van der Waals surface area contributed by atoms with E-state index in [9.17, 15) is 9.59 Å². The van der Waals surface area contributed by atoms with Gasteiger partial charge in [-0.05, 0) is 37.0 Å². The number of hydrogen-bond donors (Lipinski definition) is 1. The fourth-order valence-corrected chi connectivity index (χ4v) is 3.27. The van der Waals surface area contributed by atoms with Gasteiger partial charge in [0.25, 0.3) is 0 Å². The van der Waals surface area contributed by atoms with Gasteiger partial charge in [0.2, 0.25) is 5.91 Å². The Morgan fingerprint density at radius 3 is 2.62 bits per heavy atom. The summed E-state index contributed by atoms with van der Waals surface area (Å²) in [5.41, 5.74) is 0.988. The first kappa shape index (κ1) is 18.1. The lowest BCUT2D eigenvalue weighted by molar-refractivity contribution is -0.141. The molecule has 0 spiro atoms. The molecule has 6 nitrogen and oxygen atoms in total. The summed E-state index contributed by atoms with van der Waals surface area (Å²) >= 11 is 0. The lowest BCUT2D eigenvalue weighted by Crippen LogP contribution is -2.40. The van der Waals surface area contributed by atoms with E-state index in [1.807, 2.05) is 25.1 Å². The lowest BCUT2D eigenvalue weighted by Gasteiger charge is -2.26. The van der Waals surface area contributed by atoms with Crippen molar-refractivity contribution in [3.8, 4) is 11.5 Å². The average Bonchev–Trinajstić information content (AvgIpc) is 3.01. The second-order valence-corrected chi connectivity index (χ2v) is 6.22. The molecule has 0 bridgehead atoms. The Morgan fingerprint density at radius 1 is 1.29 bits per heavy atom. The maximum Gasteiger partial charge on any atom is 0.305 e. The van der Waals surface area contributed by atoms with Crippen molar-refractivity contribution in [1.29, 1.82) is 0 Å². The first-order chi connectivity index (χ1) is 11.5. The summed E-state index contributed by atoms with van der Waals surface area (Å²) in [5.74, 6) is 0.249. The van der Waals surface area contributed by atoms with Gasteiger partial charge in [-0.3, -0.25) is 9.59 Å². The van der Waals surface area contributed by atoms with Crippen LogP contribution in [-0.4, -0.2) is 48.7 Å². The van der Waals surface area contributed by atoms with Crippen molar-refractivity contribution in [2.75, 3.05) is 20.8 Å². The molecule has 0 aliphatic carbocycles. The van der Waals surface area contributed by atoms with Crippen molar-refractivity contribution >= 4 is 11.9 Å². The zero-order chi connectivity index (χ0) is 17.7. The molecular formula is C18H25NO5. The number of likely N-dealkylation sites (tertiary alicyclic amines) is 1. The molecule has 1 saturated heterocycles. The van der Waals surface area contributed by atoms with E-state index in [2.05, 4.69) is 0 Å². The number of ether oxygens (including phenoxy) is 2. The lowest BCUT2D eigenvalue weighted by atomic mass is 9.98. The number of carboxylic acids is 1. The van der Waals surface area contributed by atoms with Crippen molar-refractivity contribution in [2.45, 2.75) is 38.6 Å². The van der Waals surface area contributed by atoms with Gasteiger partial charge in [0, 0.05) is 18.5 Å². The quantitative estimate of drug-likeness (QED) is 0.828. The molecule has 0 radical (unpaired) electrons. The molecule has 1 amide bonds. The number of carbonyl (C=O) groups excluding carboxylic acids is 1. The summed E-state index contributed by atoms with van der Waals surface area (Å²) in [6.45, 7) is 2.53. The van der Waals surface area contributed by atoms with Crippen molar-refractivity contribution in [1.82, 2.24) is 4.90 Å². The molecule has 0 saturated carbocycles. The van der Waals surface area contributed by atoms with Crippen LogP contribution < -0.4 is 9.47 Å². The van der Waals surface area contributed by atoms with E-state index in [1.54, 1.807) is 19.1 Å². The zero-order valence-corrected chi connectivity index (χ0v) is 14.4. The molecule has 1 aliphatic heterocycles. The number of rotatable bonds is 7. The zero-order valence-electron chi connectivity index (χ0n) is 14.4. The van der Waals surface area contributed by atoms with Crippen molar-refractivity contribution in [3.63, 3.8) is 0 Å². The number of aliphatic carboxylic acids is 1. The van der Waals surface area contributed by atoms with Crippen LogP contribution in [-0.2, 0) is 16.0 Å². The highest BCUT2D eigenvalue weighted by atomic mass is 16.5. The van der Waals surface area contributed by atoms with Crippen LogP contribution in [0.25, 0.3) is 0 Å². The van der Waals surface area contributed by atoms with Gasteiger partial charge in [0.15, 0.2) is 11.5 Å². The van der Waals surface area contributed by atoms with Crippen LogP contribution in [0.15, 0.2) is 18.2 Å². The highest BCUT2D eigenvalue weighted by Crippen LogP contribution is 2.29. The van der Waals surface area contributed by atoms with E-state index in [-0.39, 0.29) is 24.3 Å². The van der Waals surface area contributed by atoms with Gasteiger partial charge in [-0.25, -0.2) is 0 Å². The van der Waals surface area contributed by atoms with E-state index in [4.69, 9.17) is 14.6 Å². The van der Waals surface area contributed by atoms with Gasteiger partial charge < -0.3 is 19.5 Å². The van der Waals surface area contributed by atoms with E-state index in [0.29, 0.717) is 24.5 Å². The second-order valence-electron chi connectivity index (χ2n) is 6.22. The minimum absolute atomic E-state index is 0.0218. The first-order valence-electron chi connectivity index (χ1n) is 8.19. The molecular weight excluding hydrogens is 310 g/mol. The number of benzene rings is 1. The minimum atomic E-state index is -0.854. The smallest absolute Gasteiger partial charge is 0.305 e. The summed E-state index contributed by atoms with van der Waals surface area (Å²) < 4.78 is 10.5. The van der Waals surface area contributed by atoms with Crippen molar-refractivity contribution < 1.29 is 24.2 Å². The summed E-state index contributed by atoms with van der Waals surface area (Å²) in [4.78, 5) is 25.4. The topological polar surface area (TPSA) is 76.1 Å². The average molecular weight is 335 g/mol. The minimum Gasteiger partial charge on any atom is -0.493 e. The van der Waals surface area contributed by atoms with E-state index in [0.717, 1.165) is 18.4 Å². The molecule has 1 aromatic rings. The summed E-state index contributed by atoms with van der Waals surface area (Å²) in [6.07, 6.45) is 2.23. The molecule has 6 heteroatoms. The summed E-state index contributed by atoms with van der Waals surface area (Å²) in [5, 5.41) is 8.99. The van der Waals surface area contributed by atoms with Crippen LogP contribution >= 0.6 is 0 Å². The largest absolute Gasteiger partial charge is 0.493 e. The Balaban J connectivity index is 2.04. The Kier molecular flexibility index (Phi) is 6.06. The molecule has 1 heterocycles. The van der Waals surface area contributed by atoms with Crippen LogP contribution in [0.1, 0.15) is 31.7 Å².